The molecule has 0 spiro atoms. The normalized spacial score (nSPS) is 14.4. The first-order valence-electron chi connectivity index (χ1n) is 10.2. The highest BCUT2D eigenvalue weighted by Gasteiger charge is 2.29. The third kappa shape index (κ3) is 4.51. The maximum Gasteiger partial charge on any atom is 0.256 e. The van der Waals surface area contributed by atoms with E-state index in [1.807, 2.05) is 0 Å². The molecule has 0 atom stereocenters. The molecular weight excluding hydrogens is 421 g/mol. The number of rotatable bonds is 4. The maximum absolute atomic E-state index is 13.9. The lowest BCUT2D eigenvalue weighted by molar-refractivity contribution is -0.121. The van der Waals surface area contributed by atoms with Gasteiger partial charge in [0, 0.05) is 31.1 Å². The van der Waals surface area contributed by atoms with Crippen LogP contribution in [0, 0.1) is 30.3 Å². The molecule has 0 unspecified atom stereocenters. The van der Waals surface area contributed by atoms with Crippen molar-refractivity contribution in [1.82, 2.24) is 14.7 Å². The van der Waals surface area contributed by atoms with Crippen LogP contribution in [-0.2, 0) is 4.79 Å². The number of likely N-dealkylation sites (tertiary alicyclic amines) is 1. The van der Waals surface area contributed by atoms with Crippen LogP contribution in [0.5, 0.6) is 0 Å². The fraction of sp³-hybridized carbons (Fsp3) is 0.261. The smallest absolute Gasteiger partial charge is 0.256 e. The van der Waals surface area contributed by atoms with Gasteiger partial charge >= 0.3 is 0 Å². The van der Waals surface area contributed by atoms with E-state index in [-0.39, 0.29) is 36.3 Å². The number of hydrogen-bond acceptors (Lipinski definition) is 3. The zero-order valence-corrected chi connectivity index (χ0v) is 17.3. The molecule has 2 heterocycles. The summed E-state index contributed by atoms with van der Waals surface area (Å²) >= 11 is 0. The Morgan fingerprint density at radius 2 is 1.62 bits per heavy atom. The van der Waals surface area contributed by atoms with Crippen LogP contribution in [-0.4, -0.2) is 39.6 Å². The molecule has 32 heavy (non-hydrogen) atoms. The lowest BCUT2D eigenvalue weighted by Crippen LogP contribution is -2.41. The first-order valence-corrected chi connectivity index (χ1v) is 10.2. The molecule has 1 N–H and O–H groups in total. The second-order valence-electron chi connectivity index (χ2n) is 7.74. The highest BCUT2D eigenvalue weighted by Crippen LogP contribution is 2.24. The molecule has 9 heteroatoms. The molecule has 1 aromatic heterocycles. The molecule has 0 bridgehead atoms. The van der Waals surface area contributed by atoms with Gasteiger partial charge in [-0.15, -0.1) is 0 Å². The van der Waals surface area contributed by atoms with Gasteiger partial charge in [-0.2, -0.15) is 5.10 Å². The number of hydrogen-bond donors (Lipinski definition) is 1. The quantitative estimate of drug-likeness (QED) is 0.662. The van der Waals surface area contributed by atoms with E-state index < -0.39 is 17.5 Å². The fourth-order valence-electron chi connectivity index (χ4n) is 3.77. The SMILES string of the molecule is Cc1cc(NC(=O)C2CCN(C(=O)c3ccc(F)cc3F)CC2)n(-c2ccc(F)cc2)n1. The van der Waals surface area contributed by atoms with Crippen LogP contribution < -0.4 is 5.32 Å². The summed E-state index contributed by atoms with van der Waals surface area (Å²) in [5.41, 5.74) is 1.11. The Bertz CT molecular complexity index is 1150. The Labute approximate surface area is 182 Å². The highest BCUT2D eigenvalue weighted by atomic mass is 19.1. The summed E-state index contributed by atoms with van der Waals surface area (Å²) in [6.07, 6.45) is 0.814. The summed E-state index contributed by atoms with van der Waals surface area (Å²) in [6, 6.07) is 10.3. The Hall–Kier alpha value is -3.62. The lowest BCUT2D eigenvalue weighted by Gasteiger charge is -2.31. The van der Waals surface area contributed by atoms with Crippen molar-refractivity contribution in [3.05, 3.63) is 77.2 Å². The number of halogens is 3. The van der Waals surface area contributed by atoms with Gasteiger partial charge in [-0.3, -0.25) is 9.59 Å². The first-order chi connectivity index (χ1) is 15.3. The number of piperidine rings is 1. The number of aromatic nitrogens is 2. The van der Waals surface area contributed by atoms with Gasteiger partial charge in [0.05, 0.1) is 16.9 Å². The van der Waals surface area contributed by atoms with Crippen molar-refractivity contribution in [2.24, 2.45) is 5.92 Å². The third-order valence-electron chi connectivity index (χ3n) is 5.47. The van der Waals surface area contributed by atoms with Crippen LogP contribution in [0.2, 0.25) is 0 Å². The molecule has 3 aromatic rings. The highest BCUT2D eigenvalue weighted by molar-refractivity contribution is 5.95. The predicted molar refractivity (Wildman–Crippen MR) is 112 cm³/mol. The van der Waals surface area contributed by atoms with E-state index in [4.69, 9.17) is 0 Å². The molecule has 1 aliphatic rings. The van der Waals surface area contributed by atoms with E-state index >= 15 is 0 Å². The van der Waals surface area contributed by atoms with Crippen LogP contribution >= 0.6 is 0 Å². The molecule has 6 nitrogen and oxygen atoms in total. The summed E-state index contributed by atoms with van der Waals surface area (Å²) in [6.45, 7) is 2.35. The summed E-state index contributed by atoms with van der Waals surface area (Å²) in [4.78, 5) is 26.9. The molecule has 4 rings (SSSR count). The van der Waals surface area contributed by atoms with Gasteiger partial charge in [0.1, 0.15) is 23.3 Å². The number of aryl methyl sites for hydroxylation is 1. The first kappa shape index (κ1) is 21.6. The third-order valence-corrected chi connectivity index (χ3v) is 5.47. The van der Waals surface area contributed by atoms with E-state index in [2.05, 4.69) is 10.4 Å². The zero-order chi connectivity index (χ0) is 22.8. The van der Waals surface area contributed by atoms with E-state index in [1.165, 1.54) is 21.7 Å². The van der Waals surface area contributed by atoms with E-state index in [1.54, 1.807) is 25.1 Å². The van der Waals surface area contributed by atoms with Crippen LogP contribution in [0.4, 0.5) is 19.0 Å². The zero-order valence-electron chi connectivity index (χ0n) is 17.3. The molecule has 0 saturated carbocycles. The average molecular weight is 442 g/mol. The van der Waals surface area contributed by atoms with Crippen LogP contribution in [0.15, 0.2) is 48.5 Å². The number of anilines is 1. The molecule has 166 valence electrons. The van der Waals surface area contributed by atoms with Crippen molar-refractivity contribution in [2.75, 3.05) is 18.4 Å². The summed E-state index contributed by atoms with van der Waals surface area (Å²) in [5.74, 6) is -2.63. The Morgan fingerprint density at radius 1 is 0.969 bits per heavy atom. The number of carbonyl (C=O) groups is 2. The van der Waals surface area contributed by atoms with Crippen molar-refractivity contribution < 1.29 is 22.8 Å². The molecule has 0 aliphatic carbocycles. The van der Waals surface area contributed by atoms with Crippen molar-refractivity contribution in [3.63, 3.8) is 0 Å². The largest absolute Gasteiger partial charge is 0.339 e. The molecule has 2 amide bonds. The summed E-state index contributed by atoms with van der Waals surface area (Å²) in [5, 5.41) is 7.22. The molecule has 0 radical (unpaired) electrons. The number of nitrogens with zero attached hydrogens (tertiary/aromatic N) is 3. The molecule has 1 saturated heterocycles. The molecular formula is C23H21F3N4O2. The summed E-state index contributed by atoms with van der Waals surface area (Å²) < 4.78 is 41.8. The van der Waals surface area contributed by atoms with Crippen molar-refractivity contribution in [1.29, 1.82) is 0 Å². The lowest BCUT2D eigenvalue weighted by atomic mass is 9.95. The van der Waals surface area contributed by atoms with E-state index in [0.29, 0.717) is 36.1 Å². The van der Waals surface area contributed by atoms with E-state index in [9.17, 15) is 22.8 Å². The Balaban J connectivity index is 1.40. The second-order valence-corrected chi connectivity index (χ2v) is 7.74. The van der Waals surface area contributed by atoms with Gasteiger partial charge in [0.2, 0.25) is 5.91 Å². The van der Waals surface area contributed by atoms with Crippen LogP contribution in [0.3, 0.4) is 0 Å². The topological polar surface area (TPSA) is 67.2 Å². The molecule has 2 aromatic carbocycles. The van der Waals surface area contributed by atoms with Crippen molar-refractivity contribution >= 4 is 17.6 Å². The maximum atomic E-state index is 13.9. The van der Waals surface area contributed by atoms with Crippen LogP contribution in [0.25, 0.3) is 5.69 Å². The number of benzene rings is 2. The van der Waals surface area contributed by atoms with Gasteiger partial charge < -0.3 is 10.2 Å². The number of nitrogens with one attached hydrogen (secondary N) is 1. The van der Waals surface area contributed by atoms with E-state index in [0.717, 1.165) is 12.1 Å². The average Bonchev–Trinajstić information content (AvgIpc) is 3.14. The monoisotopic (exact) mass is 442 g/mol. The van der Waals surface area contributed by atoms with Crippen LogP contribution in [0.1, 0.15) is 28.9 Å². The van der Waals surface area contributed by atoms with Crippen molar-refractivity contribution in [2.45, 2.75) is 19.8 Å². The van der Waals surface area contributed by atoms with Gasteiger partial charge in [-0.25, -0.2) is 17.9 Å². The van der Waals surface area contributed by atoms with Crippen molar-refractivity contribution in [3.8, 4) is 5.69 Å². The minimum Gasteiger partial charge on any atom is -0.339 e. The Morgan fingerprint density at radius 3 is 2.28 bits per heavy atom. The number of amides is 2. The van der Waals surface area contributed by atoms with Gasteiger partial charge in [-0.1, -0.05) is 0 Å². The second kappa shape index (κ2) is 8.86. The summed E-state index contributed by atoms with van der Waals surface area (Å²) in [7, 11) is 0. The predicted octanol–water partition coefficient (Wildman–Crippen LogP) is 4.09. The number of carbonyl (C=O) groups excluding carboxylic acids is 2. The molecule has 1 fully saturated rings. The van der Waals surface area contributed by atoms with Gasteiger partial charge in [0.15, 0.2) is 0 Å². The standard InChI is InChI=1S/C23H21F3N4O2/c1-14-12-21(30(28-14)18-5-2-16(24)3-6-18)27-22(31)15-8-10-29(11-9-15)23(32)19-7-4-17(25)13-20(19)26/h2-7,12-13,15H,8-11H2,1H3,(H,27,31). The fourth-order valence-corrected chi connectivity index (χ4v) is 3.77. The van der Waals surface area contributed by atoms with Gasteiger partial charge in [0.25, 0.3) is 5.91 Å². The van der Waals surface area contributed by atoms with Gasteiger partial charge in [-0.05, 0) is 56.2 Å². The minimum atomic E-state index is -0.903. The molecule has 1 aliphatic heterocycles. The Kier molecular flexibility index (Phi) is 5.98. The minimum absolute atomic E-state index is 0.187.